The molecule has 0 saturated heterocycles. The number of hydrogen-bond donors (Lipinski definition) is 0. The van der Waals surface area contributed by atoms with Crippen LogP contribution in [0.3, 0.4) is 0 Å². The Kier molecular flexibility index (Phi) is 5.63. The number of allylic oxidation sites excluding steroid dienone is 1. The Morgan fingerprint density at radius 2 is 2.19 bits per heavy atom. The summed E-state index contributed by atoms with van der Waals surface area (Å²) in [6, 6.07) is 0. The highest BCUT2D eigenvalue weighted by molar-refractivity contribution is 7.73. The van der Waals surface area contributed by atoms with E-state index >= 15 is 0 Å². The van der Waals surface area contributed by atoms with Crippen molar-refractivity contribution in [3.63, 3.8) is 0 Å². The molecule has 1 saturated carbocycles. The summed E-state index contributed by atoms with van der Waals surface area (Å²) in [6.45, 7) is 0.715. The van der Waals surface area contributed by atoms with Gasteiger partial charge in [0.25, 0.3) is 0 Å². The van der Waals surface area contributed by atoms with Crippen LogP contribution >= 0.6 is 46.5 Å². The Hall–Kier alpha value is -1.29. The van der Waals surface area contributed by atoms with E-state index in [1.165, 1.54) is 11.3 Å². The number of carbonyl (C=O) groups excluding carboxylic acids is 1. The van der Waals surface area contributed by atoms with Crippen molar-refractivity contribution in [3.05, 3.63) is 29.9 Å². The minimum Gasteiger partial charge on any atom is -0.462 e. The second-order valence-electron chi connectivity index (χ2n) is 6.44. The van der Waals surface area contributed by atoms with Crippen molar-refractivity contribution in [3.8, 4) is 0 Å². The zero-order valence-electron chi connectivity index (χ0n) is 14.3. The quantitative estimate of drug-likeness (QED) is 0.487. The van der Waals surface area contributed by atoms with Gasteiger partial charge in [0.05, 0.1) is 11.4 Å². The molecular weight excluding hydrogens is 429 g/mol. The molecule has 144 valence electrons. The minimum absolute atomic E-state index is 0.0187. The lowest BCUT2D eigenvalue weighted by Gasteiger charge is -2.11. The molecule has 0 atom stereocenters. The summed E-state index contributed by atoms with van der Waals surface area (Å²) in [5.41, 5.74) is 0.0621. The highest BCUT2D eigenvalue weighted by Crippen LogP contribution is 2.38. The molecule has 0 N–H and O–H groups in total. The van der Waals surface area contributed by atoms with Gasteiger partial charge in [-0.25, -0.2) is 9.67 Å². The van der Waals surface area contributed by atoms with Crippen LogP contribution in [-0.4, -0.2) is 21.4 Å². The molecule has 2 aliphatic rings. The van der Waals surface area contributed by atoms with Crippen molar-refractivity contribution in [2.75, 3.05) is 0 Å². The molecule has 27 heavy (non-hydrogen) atoms. The number of fused-ring (bicyclic) bond motifs is 1. The van der Waals surface area contributed by atoms with Crippen LogP contribution in [0.2, 0.25) is 5.02 Å². The van der Waals surface area contributed by atoms with Gasteiger partial charge in [-0.2, -0.15) is 4.39 Å². The Labute approximate surface area is 173 Å². The van der Waals surface area contributed by atoms with E-state index in [2.05, 4.69) is 4.99 Å². The number of thiophene rings is 1. The van der Waals surface area contributed by atoms with Crippen LogP contribution in [0.4, 0.5) is 10.1 Å². The van der Waals surface area contributed by atoms with E-state index in [1.807, 2.05) is 21.6 Å². The molecule has 2 aromatic rings. The second kappa shape index (κ2) is 7.98. The van der Waals surface area contributed by atoms with Gasteiger partial charge in [-0.1, -0.05) is 29.0 Å². The van der Waals surface area contributed by atoms with Gasteiger partial charge in [0.15, 0.2) is 3.95 Å². The molecule has 0 spiro atoms. The van der Waals surface area contributed by atoms with E-state index < -0.39 is 5.13 Å². The van der Waals surface area contributed by atoms with E-state index in [4.69, 9.17) is 28.6 Å². The number of carbonyl (C=O) groups is 1. The van der Waals surface area contributed by atoms with Crippen LogP contribution in [0.1, 0.15) is 37.0 Å². The van der Waals surface area contributed by atoms with Crippen LogP contribution in [0.5, 0.6) is 0 Å². The first-order valence-corrected chi connectivity index (χ1v) is 11.1. The van der Waals surface area contributed by atoms with Gasteiger partial charge in [-0.3, -0.25) is 9.48 Å². The maximum absolute atomic E-state index is 14.5. The summed E-state index contributed by atoms with van der Waals surface area (Å²) in [5.74, 6) is -0.368. The number of halogens is 2. The summed E-state index contributed by atoms with van der Waals surface area (Å²) >= 11 is 13.8. The normalized spacial score (nSPS) is 17.5. The molecule has 1 fully saturated rings. The van der Waals surface area contributed by atoms with E-state index in [-0.39, 0.29) is 29.2 Å². The molecule has 0 radical (unpaired) electrons. The lowest BCUT2D eigenvalue weighted by molar-refractivity contribution is -0.147. The predicted molar refractivity (Wildman–Crippen MR) is 108 cm³/mol. The third-order valence-corrected chi connectivity index (χ3v) is 7.34. The first kappa shape index (κ1) is 19.0. The van der Waals surface area contributed by atoms with Crippen LogP contribution in [0.15, 0.2) is 11.1 Å². The minimum atomic E-state index is -0.506. The summed E-state index contributed by atoms with van der Waals surface area (Å²) in [6.07, 6.45) is 8.67. The van der Waals surface area contributed by atoms with Crippen molar-refractivity contribution >= 4 is 64.3 Å². The average molecular weight is 446 g/mol. The first-order valence-electron chi connectivity index (χ1n) is 8.73. The SMILES string of the molecule is O=C(Cc1sc(F)c(N=c2sc(=S)n3n2CCC=C3)c1Cl)OC1CCCC1. The molecule has 1 aliphatic heterocycles. The summed E-state index contributed by atoms with van der Waals surface area (Å²) < 4.78 is 24.3. The molecule has 2 aromatic heterocycles. The smallest absolute Gasteiger partial charge is 0.311 e. The first-order chi connectivity index (χ1) is 13.0. The van der Waals surface area contributed by atoms with Gasteiger partial charge in [0.1, 0.15) is 11.8 Å². The molecule has 0 amide bonds. The fraction of sp³-hybridized carbons (Fsp3) is 0.471. The molecule has 10 heteroatoms. The lowest BCUT2D eigenvalue weighted by atomic mass is 10.3. The molecule has 0 aromatic carbocycles. The largest absolute Gasteiger partial charge is 0.462 e. The van der Waals surface area contributed by atoms with Gasteiger partial charge < -0.3 is 4.74 Å². The highest BCUT2D eigenvalue weighted by Gasteiger charge is 2.23. The molecular formula is C17H17ClFN3O2S3. The van der Waals surface area contributed by atoms with Crippen LogP contribution in [0.25, 0.3) is 6.20 Å². The Morgan fingerprint density at radius 1 is 1.41 bits per heavy atom. The summed E-state index contributed by atoms with van der Waals surface area (Å²) in [4.78, 5) is 17.6. The lowest BCUT2D eigenvalue weighted by Crippen LogP contribution is -2.22. The third kappa shape index (κ3) is 3.96. The molecule has 1 aliphatic carbocycles. The van der Waals surface area contributed by atoms with E-state index in [0.29, 0.717) is 20.2 Å². The number of nitrogens with zero attached hydrogens (tertiary/aromatic N) is 3. The number of aromatic nitrogens is 2. The summed E-state index contributed by atoms with van der Waals surface area (Å²) in [5, 5.41) is -0.334. The molecule has 4 rings (SSSR count). The molecule has 0 unspecified atom stereocenters. The van der Waals surface area contributed by atoms with Gasteiger partial charge in [-0.15, -0.1) is 11.3 Å². The van der Waals surface area contributed by atoms with Crippen LogP contribution in [0, 0.1) is 9.09 Å². The van der Waals surface area contributed by atoms with Crippen molar-refractivity contribution in [1.29, 1.82) is 0 Å². The van der Waals surface area contributed by atoms with E-state index in [9.17, 15) is 9.18 Å². The zero-order valence-corrected chi connectivity index (χ0v) is 17.5. The third-order valence-electron chi connectivity index (χ3n) is 4.57. The van der Waals surface area contributed by atoms with Gasteiger partial charge in [0.2, 0.25) is 9.93 Å². The number of ether oxygens (including phenoxy) is 1. The molecule has 5 nitrogen and oxygen atoms in total. The average Bonchev–Trinajstić information content (AvgIpc) is 3.32. The van der Waals surface area contributed by atoms with Gasteiger partial charge in [0, 0.05) is 17.6 Å². The Bertz CT molecular complexity index is 1030. The monoisotopic (exact) mass is 445 g/mol. The van der Waals surface area contributed by atoms with Crippen molar-refractivity contribution < 1.29 is 13.9 Å². The van der Waals surface area contributed by atoms with Gasteiger partial charge >= 0.3 is 5.97 Å². The number of rotatable bonds is 4. The van der Waals surface area contributed by atoms with Crippen molar-refractivity contribution in [1.82, 2.24) is 9.36 Å². The van der Waals surface area contributed by atoms with Crippen LogP contribution in [-0.2, 0) is 22.5 Å². The van der Waals surface area contributed by atoms with E-state index in [1.54, 1.807) is 0 Å². The Balaban J connectivity index is 1.61. The maximum Gasteiger partial charge on any atom is 0.311 e. The second-order valence-corrected chi connectivity index (χ2v) is 9.47. The Morgan fingerprint density at radius 3 is 2.96 bits per heavy atom. The topological polar surface area (TPSA) is 48.5 Å². The maximum atomic E-state index is 14.5. The molecule has 3 heterocycles. The predicted octanol–water partition coefficient (Wildman–Crippen LogP) is 5.07. The van der Waals surface area contributed by atoms with Gasteiger partial charge in [-0.05, 0) is 44.3 Å². The standard InChI is InChI=1S/C17H17ClFN3O2S3/c18-13-11(9-12(23)24-10-5-1-2-6-10)26-15(19)14(13)20-16-21-7-3-4-8-22(21)17(25)27-16/h4,8,10H,1-3,5-7,9H2. The zero-order chi connectivity index (χ0) is 19.0. The van der Waals surface area contributed by atoms with E-state index in [0.717, 1.165) is 43.4 Å². The fourth-order valence-corrected chi connectivity index (χ4v) is 5.67. The number of hydrogen-bond acceptors (Lipinski definition) is 6. The van der Waals surface area contributed by atoms with Crippen LogP contribution < -0.4 is 4.80 Å². The molecule has 0 bridgehead atoms. The number of esters is 1. The summed E-state index contributed by atoms with van der Waals surface area (Å²) in [7, 11) is 0. The van der Waals surface area contributed by atoms with Crippen molar-refractivity contribution in [2.24, 2.45) is 4.99 Å². The highest BCUT2D eigenvalue weighted by atomic mass is 35.5. The fourth-order valence-electron chi connectivity index (χ4n) is 3.25. The van der Waals surface area contributed by atoms with Crippen molar-refractivity contribution in [2.45, 2.75) is 51.2 Å².